The number of hydrogen-bond donors (Lipinski definition) is 3. The predicted octanol–water partition coefficient (Wildman–Crippen LogP) is 0.981. The first kappa shape index (κ1) is 13.6. The Balaban J connectivity index is 2.46. The van der Waals surface area contributed by atoms with Crippen molar-refractivity contribution in [3.8, 4) is 0 Å². The van der Waals surface area contributed by atoms with E-state index in [9.17, 15) is 4.79 Å². The predicted molar refractivity (Wildman–Crippen MR) is 67.8 cm³/mol. The molecule has 1 unspecified atom stereocenters. The molecule has 96 valence electrons. The van der Waals surface area contributed by atoms with Crippen LogP contribution in [0, 0.1) is 0 Å². The quantitative estimate of drug-likeness (QED) is 0.647. The molecule has 0 radical (unpaired) electrons. The minimum Gasteiger partial charge on any atom is -0.397 e. The average Bonchev–Trinajstić information content (AvgIpc) is 2.65. The molecule has 1 atom stereocenters. The molecule has 1 heterocycles. The SMILES string of the molecule is CCn1cc(N)cc1C(=O)NCCCC(C)O. The number of amides is 1. The summed E-state index contributed by atoms with van der Waals surface area (Å²) in [6, 6.07) is 1.67. The Morgan fingerprint density at radius 2 is 2.35 bits per heavy atom. The number of rotatable bonds is 6. The summed E-state index contributed by atoms with van der Waals surface area (Å²) in [4.78, 5) is 11.8. The second-order valence-corrected chi connectivity index (χ2v) is 4.19. The van der Waals surface area contributed by atoms with Crippen LogP contribution in [-0.2, 0) is 6.54 Å². The summed E-state index contributed by atoms with van der Waals surface area (Å²) in [5, 5.41) is 11.9. The maximum absolute atomic E-state index is 11.8. The first-order valence-corrected chi connectivity index (χ1v) is 5.96. The Morgan fingerprint density at radius 1 is 1.65 bits per heavy atom. The first-order valence-electron chi connectivity index (χ1n) is 5.96. The Morgan fingerprint density at radius 3 is 2.94 bits per heavy atom. The lowest BCUT2D eigenvalue weighted by Crippen LogP contribution is -2.27. The molecule has 1 rings (SSSR count). The van der Waals surface area contributed by atoms with Crippen molar-refractivity contribution in [3.63, 3.8) is 0 Å². The molecule has 0 saturated carbocycles. The number of nitrogens with two attached hydrogens (primary N) is 1. The van der Waals surface area contributed by atoms with Gasteiger partial charge < -0.3 is 20.7 Å². The first-order chi connectivity index (χ1) is 8.04. The third kappa shape index (κ3) is 4.11. The van der Waals surface area contributed by atoms with Crippen molar-refractivity contribution in [2.24, 2.45) is 0 Å². The highest BCUT2D eigenvalue weighted by Crippen LogP contribution is 2.10. The van der Waals surface area contributed by atoms with Gasteiger partial charge in [0.1, 0.15) is 5.69 Å². The number of carbonyl (C=O) groups is 1. The monoisotopic (exact) mass is 239 g/mol. The summed E-state index contributed by atoms with van der Waals surface area (Å²) < 4.78 is 1.82. The van der Waals surface area contributed by atoms with Crippen molar-refractivity contribution >= 4 is 11.6 Å². The Hall–Kier alpha value is -1.49. The molecule has 0 bridgehead atoms. The van der Waals surface area contributed by atoms with Gasteiger partial charge in [0.05, 0.1) is 11.8 Å². The Labute approximate surface area is 102 Å². The summed E-state index contributed by atoms with van der Waals surface area (Å²) in [5.41, 5.74) is 6.84. The summed E-state index contributed by atoms with van der Waals surface area (Å²) in [7, 11) is 0. The number of aliphatic hydroxyl groups excluding tert-OH is 1. The number of anilines is 1. The second kappa shape index (κ2) is 6.30. The van der Waals surface area contributed by atoms with E-state index in [1.807, 2.05) is 11.5 Å². The molecule has 0 aliphatic heterocycles. The number of aromatic nitrogens is 1. The molecule has 0 spiro atoms. The second-order valence-electron chi connectivity index (χ2n) is 4.19. The van der Waals surface area contributed by atoms with Crippen molar-refractivity contribution in [1.29, 1.82) is 0 Å². The lowest BCUT2D eigenvalue weighted by atomic mass is 10.2. The molecule has 1 aromatic heterocycles. The van der Waals surface area contributed by atoms with E-state index >= 15 is 0 Å². The highest BCUT2D eigenvalue weighted by Gasteiger charge is 2.11. The zero-order valence-electron chi connectivity index (χ0n) is 10.4. The van der Waals surface area contributed by atoms with Crippen molar-refractivity contribution < 1.29 is 9.90 Å². The third-order valence-corrected chi connectivity index (χ3v) is 2.58. The van der Waals surface area contributed by atoms with E-state index in [0.29, 0.717) is 30.9 Å². The third-order valence-electron chi connectivity index (χ3n) is 2.58. The standard InChI is InChI=1S/C12H21N3O2/c1-3-15-8-10(13)7-11(15)12(17)14-6-4-5-9(2)16/h7-9,16H,3-6,13H2,1-2H3,(H,14,17). The van der Waals surface area contributed by atoms with E-state index in [1.165, 1.54) is 0 Å². The zero-order valence-corrected chi connectivity index (χ0v) is 10.4. The molecule has 0 saturated heterocycles. The smallest absolute Gasteiger partial charge is 0.267 e. The lowest BCUT2D eigenvalue weighted by molar-refractivity contribution is 0.0940. The van der Waals surface area contributed by atoms with Crippen LogP contribution in [0.15, 0.2) is 12.3 Å². The fourth-order valence-electron chi connectivity index (χ4n) is 1.68. The molecular weight excluding hydrogens is 218 g/mol. The summed E-state index contributed by atoms with van der Waals surface area (Å²) in [6.45, 7) is 4.99. The summed E-state index contributed by atoms with van der Waals surface area (Å²) in [6.07, 6.45) is 2.90. The largest absolute Gasteiger partial charge is 0.397 e. The number of aryl methyl sites for hydroxylation is 1. The Bertz CT molecular complexity index is 372. The molecular formula is C12H21N3O2. The summed E-state index contributed by atoms with van der Waals surface area (Å²) in [5.74, 6) is -0.117. The van der Waals surface area contributed by atoms with Gasteiger partial charge in [-0.3, -0.25) is 4.79 Å². The number of nitrogen functional groups attached to an aromatic ring is 1. The maximum atomic E-state index is 11.8. The molecule has 1 aromatic rings. The van der Waals surface area contributed by atoms with E-state index in [1.54, 1.807) is 19.2 Å². The van der Waals surface area contributed by atoms with Crippen LogP contribution in [0.3, 0.4) is 0 Å². The van der Waals surface area contributed by atoms with Gasteiger partial charge in [0.25, 0.3) is 5.91 Å². The molecule has 5 heteroatoms. The van der Waals surface area contributed by atoms with Crippen molar-refractivity contribution in [1.82, 2.24) is 9.88 Å². The van der Waals surface area contributed by atoms with Crippen LogP contribution in [0.25, 0.3) is 0 Å². The minimum absolute atomic E-state index is 0.117. The van der Waals surface area contributed by atoms with Crippen molar-refractivity contribution in [3.05, 3.63) is 18.0 Å². The van der Waals surface area contributed by atoms with E-state index in [4.69, 9.17) is 10.8 Å². The van der Waals surface area contributed by atoms with Crippen LogP contribution in [0.4, 0.5) is 5.69 Å². The van der Waals surface area contributed by atoms with Gasteiger partial charge in [0.15, 0.2) is 0 Å². The highest BCUT2D eigenvalue weighted by atomic mass is 16.3. The summed E-state index contributed by atoms with van der Waals surface area (Å²) >= 11 is 0. The molecule has 0 aromatic carbocycles. The Kier molecular flexibility index (Phi) is 5.03. The van der Waals surface area contributed by atoms with Gasteiger partial charge in [-0.25, -0.2) is 0 Å². The van der Waals surface area contributed by atoms with Gasteiger partial charge in [-0.1, -0.05) is 0 Å². The number of hydrogen-bond acceptors (Lipinski definition) is 3. The molecule has 0 aliphatic carbocycles. The van der Waals surface area contributed by atoms with Gasteiger partial charge in [0.2, 0.25) is 0 Å². The molecule has 17 heavy (non-hydrogen) atoms. The van der Waals surface area contributed by atoms with Crippen LogP contribution < -0.4 is 11.1 Å². The topological polar surface area (TPSA) is 80.3 Å². The fraction of sp³-hybridized carbons (Fsp3) is 0.583. The molecule has 0 fully saturated rings. The van der Waals surface area contributed by atoms with E-state index in [-0.39, 0.29) is 12.0 Å². The number of carbonyl (C=O) groups excluding carboxylic acids is 1. The van der Waals surface area contributed by atoms with Crippen molar-refractivity contribution in [2.75, 3.05) is 12.3 Å². The molecule has 5 nitrogen and oxygen atoms in total. The number of nitrogens with zero attached hydrogens (tertiary/aromatic N) is 1. The van der Waals surface area contributed by atoms with Crippen LogP contribution >= 0.6 is 0 Å². The van der Waals surface area contributed by atoms with E-state index < -0.39 is 0 Å². The van der Waals surface area contributed by atoms with Crippen LogP contribution in [-0.4, -0.2) is 28.2 Å². The average molecular weight is 239 g/mol. The van der Waals surface area contributed by atoms with E-state index in [2.05, 4.69) is 5.32 Å². The van der Waals surface area contributed by atoms with Gasteiger partial charge in [0, 0.05) is 19.3 Å². The van der Waals surface area contributed by atoms with Crippen LogP contribution in [0.5, 0.6) is 0 Å². The van der Waals surface area contributed by atoms with Crippen LogP contribution in [0.2, 0.25) is 0 Å². The normalized spacial score (nSPS) is 12.4. The van der Waals surface area contributed by atoms with Crippen LogP contribution in [0.1, 0.15) is 37.2 Å². The van der Waals surface area contributed by atoms with Gasteiger partial charge >= 0.3 is 0 Å². The number of aliphatic hydroxyl groups is 1. The molecule has 0 aliphatic rings. The van der Waals surface area contributed by atoms with E-state index in [0.717, 1.165) is 6.42 Å². The lowest BCUT2D eigenvalue weighted by Gasteiger charge is -2.08. The van der Waals surface area contributed by atoms with Gasteiger partial charge in [-0.15, -0.1) is 0 Å². The zero-order chi connectivity index (χ0) is 12.8. The number of nitrogens with one attached hydrogen (secondary N) is 1. The van der Waals surface area contributed by atoms with Crippen molar-refractivity contribution in [2.45, 2.75) is 39.3 Å². The van der Waals surface area contributed by atoms with Gasteiger partial charge in [-0.05, 0) is 32.8 Å². The minimum atomic E-state index is -0.318. The molecule has 4 N–H and O–H groups in total. The maximum Gasteiger partial charge on any atom is 0.267 e. The highest BCUT2D eigenvalue weighted by molar-refractivity contribution is 5.93. The molecule has 1 amide bonds. The van der Waals surface area contributed by atoms with Gasteiger partial charge in [-0.2, -0.15) is 0 Å². The fourth-order valence-corrected chi connectivity index (χ4v) is 1.68.